The molecule has 1 aromatic rings. The zero-order chi connectivity index (χ0) is 40.8. The molecular formula is C55H109N2+. The van der Waals surface area contributed by atoms with Gasteiger partial charge in [-0.25, -0.2) is 9.13 Å². The van der Waals surface area contributed by atoms with Crippen molar-refractivity contribution in [2.45, 2.75) is 336 Å². The second kappa shape index (κ2) is 46.3. The third-order valence-electron chi connectivity index (χ3n) is 13.3. The topological polar surface area (TPSA) is 8.81 Å². The van der Waals surface area contributed by atoms with Gasteiger partial charge in [0.05, 0.1) is 13.1 Å². The molecule has 0 saturated carbocycles. The van der Waals surface area contributed by atoms with Crippen LogP contribution in [0.3, 0.4) is 0 Å². The average molecular weight is 798 g/mol. The van der Waals surface area contributed by atoms with Crippen LogP contribution in [0.1, 0.15) is 322 Å². The Labute approximate surface area is 361 Å². The van der Waals surface area contributed by atoms with E-state index in [4.69, 9.17) is 0 Å². The van der Waals surface area contributed by atoms with Gasteiger partial charge in [-0.1, -0.05) is 284 Å². The highest BCUT2D eigenvalue weighted by Gasteiger charge is 2.16. The molecule has 0 aliphatic rings. The van der Waals surface area contributed by atoms with E-state index in [-0.39, 0.29) is 0 Å². The molecule has 0 saturated heterocycles. The normalized spacial score (nSPS) is 11.7. The Kier molecular flexibility index (Phi) is 44.0. The standard InChI is InChI=1S/C55H109N2/c1-4-7-10-13-16-19-22-25-28-29-30-32-35-38-41-44-47-50-55-56(51-48-45-42-39-36-33-27-24-21-18-15-12-9-6-3)53-54-57(55)52-49-46-43-40-37-34-31-26-23-20-17-14-11-8-5-2/h53-54H,4-52H2,1-3H3/q+1. The summed E-state index contributed by atoms with van der Waals surface area (Å²) in [6.45, 7) is 9.42. The molecule has 0 aliphatic carbocycles. The van der Waals surface area contributed by atoms with Crippen LogP contribution in [0.15, 0.2) is 12.4 Å². The van der Waals surface area contributed by atoms with Gasteiger partial charge in [0.25, 0.3) is 5.82 Å². The summed E-state index contributed by atoms with van der Waals surface area (Å²) in [6.07, 6.45) is 72.8. The zero-order valence-corrected chi connectivity index (χ0v) is 40.2. The predicted molar refractivity (Wildman–Crippen MR) is 258 cm³/mol. The molecule has 0 spiro atoms. The van der Waals surface area contributed by atoms with Gasteiger partial charge in [-0.15, -0.1) is 0 Å². The fraction of sp³-hybridized carbons (Fsp3) is 0.945. The van der Waals surface area contributed by atoms with Gasteiger partial charge in [0.1, 0.15) is 12.4 Å². The van der Waals surface area contributed by atoms with Crippen LogP contribution in [0, 0.1) is 0 Å². The summed E-state index contributed by atoms with van der Waals surface area (Å²) in [5.41, 5.74) is 0. The van der Waals surface area contributed by atoms with Crippen molar-refractivity contribution < 1.29 is 4.57 Å². The van der Waals surface area contributed by atoms with Crippen molar-refractivity contribution in [1.29, 1.82) is 0 Å². The Morgan fingerprint density at radius 3 is 0.842 bits per heavy atom. The molecule has 0 atom stereocenters. The summed E-state index contributed by atoms with van der Waals surface area (Å²) in [5, 5.41) is 0. The van der Waals surface area contributed by atoms with Crippen LogP contribution in [-0.2, 0) is 19.5 Å². The van der Waals surface area contributed by atoms with Crippen LogP contribution < -0.4 is 4.57 Å². The van der Waals surface area contributed by atoms with Crippen molar-refractivity contribution in [2.75, 3.05) is 0 Å². The van der Waals surface area contributed by atoms with Crippen molar-refractivity contribution in [3.63, 3.8) is 0 Å². The minimum absolute atomic E-state index is 1.23. The number of imidazole rings is 1. The van der Waals surface area contributed by atoms with Crippen LogP contribution in [0.2, 0.25) is 0 Å². The summed E-state index contributed by atoms with van der Waals surface area (Å²) < 4.78 is 5.33. The molecular weight excluding hydrogens is 689 g/mol. The Balaban J connectivity index is 2.24. The highest BCUT2D eigenvalue weighted by molar-refractivity contribution is 4.84. The average Bonchev–Trinajstić information content (AvgIpc) is 3.61. The minimum Gasteiger partial charge on any atom is -0.234 e. The first-order valence-electron chi connectivity index (χ1n) is 27.4. The van der Waals surface area contributed by atoms with Crippen LogP contribution in [0.5, 0.6) is 0 Å². The Hall–Kier alpha value is -0.790. The van der Waals surface area contributed by atoms with Gasteiger partial charge >= 0.3 is 0 Å². The molecule has 0 amide bonds. The maximum absolute atomic E-state index is 2.67. The first-order valence-corrected chi connectivity index (χ1v) is 27.4. The monoisotopic (exact) mass is 798 g/mol. The van der Waals surface area contributed by atoms with Crippen molar-refractivity contribution >= 4 is 0 Å². The van der Waals surface area contributed by atoms with E-state index < -0.39 is 0 Å². The van der Waals surface area contributed by atoms with Gasteiger partial charge in [-0.05, 0) is 32.1 Å². The Morgan fingerprint density at radius 1 is 0.298 bits per heavy atom. The van der Waals surface area contributed by atoms with Crippen molar-refractivity contribution in [1.82, 2.24) is 4.57 Å². The third-order valence-corrected chi connectivity index (χ3v) is 13.3. The minimum atomic E-state index is 1.23. The smallest absolute Gasteiger partial charge is 0.234 e. The predicted octanol–water partition coefficient (Wildman–Crippen LogP) is 19.3. The highest BCUT2D eigenvalue weighted by Crippen LogP contribution is 2.18. The SMILES string of the molecule is CCCCCCCCCCCCCCCCCCCc1n(CCCCCCCCCCCCCCCC)cc[n+]1CCCCCCCCCCCCCCCCC. The molecule has 0 aromatic carbocycles. The molecule has 338 valence electrons. The van der Waals surface area contributed by atoms with Gasteiger partial charge in [-0.2, -0.15) is 0 Å². The molecule has 0 fully saturated rings. The quantitative estimate of drug-likeness (QED) is 0.0459. The van der Waals surface area contributed by atoms with E-state index in [9.17, 15) is 0 Å². The lowest BCUT2D eigenvalue weighted by Crippen LogP contribution is -2.37. The van der Waals surface area contributed by atoms with E-state index in [0.717, 1.165) is 0 Å². The van der Waals surface area contributed by atoms with Crippen LogP contribution in [0.25, 0.3) is 0 Å². The molecule has 57 heavy (non-hydrogen) atoms. The van der Waals surface area contributed by atoms with E-state index in [1.807, 2.05) is 0 Å². The second-order valence-electron chi connectivity index (χ2n) is 19.1. The molecule has 2 nitrogen and oxygen atoms in total. The van der Waals surface area contributed by atoms with Crippen LogP contribution in [0.4, 0.5) is 0 Å². The van der Waals surface area contributed by atoms with E-state index in [0.29, 0.717) is 0 Å². The molecule has 0 unspecified atom stereocenters. The summed E-state index contributed by atoms with van der Waals surface area (Å²) in [7, 11) is 0. The number of unbranched alkanes of at least 4 members (excludes halogenated alkanes) is 43. The Bertz CT molecular complexity index is 872. The van der Waals surface area contributed by atoms with Gasteiger partial charge in [0.2, 0.25) is 0 Å². The third kappa shape index (κ3) is 37.9. The lowest BCUT2D eigenvalue weighted by atomic mass is 10.0. The van der Waals surface area contributed by atoms with Gasteiger partial charge in [0.15, 0.2) is 0 Å². The van der Waals surface area contributed by atoms with E-state index in [2.05, 4.69) is 42.3 Å². The fourth-order valence-corrected chi connectivity index (χ4v) is 9.33. The number of rotatable bonds is 49. The van der Waals surface area contributed by atoms with Crippen LogP contribution >= 0.6 is 0 Å². The van der Waals surface area contributed by atoms with E-state index in [1.165, 1.54) is 315 Å². The van der Waals surface area contributed by atoms with Gasteiger partial charge < -0.3 is 0 Å². The lowest BCUT2D eigenvalue weighted by Gasteiger charge is -2.07. The van der Waals surface area contributed by atoms with Gasteiger partial charge in [-0.3, -0.25) is 0 Å². The first kappa shape index (κ1) is 54.2. The van der Waals surface area contributed by atoms with Gasteiger partial charge in [0, 0.05) is 6.42 Å². The van der Waals surface area contributed by atoms with E-state index >= 15 is 0 Å². The Morgan fingerprint density at radius 2 is 0.544 bits per heavy atom. The highest BCUT2D eigenvalue weighted by atomic mass is 15.1. The maximum Gasteiger partial charge on any atom is 0.256 e. The molecule has 0 radical (unpaired) electrons. The molecule has 0 N–H and O–H groups in total. The van der Waals surface area contributed by atoms with Crippen LogP contribution in [-0.4, -0.2) is 4.57 Å². The summed E-state index contributed by atoms with van der Waals surface area (Å²) >= 11 is 0. The number of hydrogen-bond donors (Lipinski definition) is 0. The number of aryl methyl sites for hydroxylation is 2. The fourth-order valence-electron chi connectivity index (χ4n) is 9.33. The molecule has 0 bridgehead atoms. The first-order chi connectivity index (χ1) is 28.3. The zero-order valence-electron chi connectivity index (χ0n) is 40.2. The number of nitrogens with zero attached hydrogens (tertiary/aromatic N) is 2. The number of hydrogen-bond acceptors (Lipinski definition) is 0. The molecule has 1 rings (SSSR count). The molecule has 1 aromatic heterocycles. The van der Waals surface area contributed by atoms with Crippen molar-refractivity contribution in [3.8, 4) is 0 Å². The second-order valence-corrected chi connectivity index (χ2v) is 19.1. The van der Waals surface area contributed by atoms with Crippen molar-refractivity contribution in [2.24, 2.45) is 0 Å². The molecule has 1 heterocycles. The summed E-state index contributed by atoms with van der Waals surface area (Å²) in [6, 6.07) is 0. The molecule has 0 aliphatic heterocycles. The summed E-state index contributed by atoms with van der Waals surface area (Å²) in [5.74, 6) is 1.64. The van der Waals surface area contributed by atoms with E-state index in [1.54, 1.807) is 5.82 Å². The summed E-state index contributed by atoms with van der Waals surface area (Å²) in [4.78, 5) is 0. The largest absolute Gasteiger partial charge is 0.256 e. The number of aromatic nitrogens is 2. The lowest BCUT2D eigenvalue weighted by molar-refractivity contribution is -0.704. The molecule has 2 heteroatoms. The van der Waals surface area contributed by atoms with Crippen molar-refractivity contribution in [3.05, 3.63) is 18.2 Å². The maximum atomic E-state index is 2.67.